The van der Waals surface area contributed by atoms with Gasteiger partial charge in [-0.25, -0.2) is 4.99 Å². The lowest BCUT2D eigenvalue weighted by atomic mass is 9.93. The molecule has 1 atom stereocenters. The van der Waals surface area contributed by atoms with Gasteiger partial charge in [-0.3, -0.25) is 0 Å². The van der Waals surface area contributed by atoms with Crippen molar-refractivity contribution in [3.05, 3.63) is 65.7 Å². The van der Waals surface area contributed by atoms with Gasteiger partial charge in [-0.2, -0.15) is 0 Å². The molecule has 0 saturated carbocycles. The van der Waals surface area contributed by atoms with Crippen molar-refractivity contribution in [1.29, 1.82) is 0 Å². The highest BCUT2D eigenvalue weighted by atomic mass is 35.5. The quantitative estimate of drug-likeness (QED) is 0.653. The fourth-order valence-corrected chi connectivity index (χ4v) is 2.96. The van der Waals surface area contributed by atoms with Gasteiger partial charge in [-0.05, 0) is 30.0 Å². The summed E-state index contributed by atoms with van der Waals surface area (Å²) < 4.78 is 0. The Labute approximate surface area is 122 Å². The van der Waals surface area contributed by atoms with Gasteiger partial charge in [0, 0.05) is 0 Å². The minimum Gasteiger partial charge on any atom is -0.239 e. The van der Waals surface area contributed by atoms with Crippen LogP contribution in [0.3, 0.4) is 0 Å². The molecule has 3 rings (SSSR count). The van der Waals surface area contributed by atoms with Crippen LogP contribution in [-0.4, -0.2) is 5.17 Å². The third kappa shape index (κ3) is 2.29. The lowest BCUT2D eigenvalue weighted by molar-refractivity contribution is 0.717. The minimum atomic E-state index is -0.720. The molecule has 0 amide bonds. The Morgan fingerprint density at radius 2 is 1.63 bits per heavy atom. The number of hydrogen-bond donors (Lipinski definition) is 0. The van der Waals surface area contributed by atoms with Crippen LogP contribution in [-0.2, 0) is 11.3 Å². The highest BCUT2D eigenvalue weighted by Gasteiger charge is 2.36. The van der Waals surface area contributed by atoms with Gasteiger partial charge >= 0.3 is 0 Å². The number of halogens is 2. The van der Waals surface area contributed by atoms with E-state index >= 15 is 0 Å². The zero-order valence-corrected chi connectivity index (χ0v) is 11.8. The molecule has 0 radical (unpaired) electrons. The van der Waals surface area contributed by atoms with E-state index in [4.69, 9.17) is 23.2 Å². The summed E-state index contributed by atoms with van der Waals surface area (Å²) >= 11 is 13.2. The van der Waals surface area contributed by atoms with E-state index < -0.39 is 4.87 Å². The molecule has 3 heteroatoms. The topological polar surface area (TPSA) is 12.4 Å². The minimum absolute atomic E-state index is 0.449. The van der Waals surface area contributed by atoms with Crippen molar-refractivity contribution in [3.8, 4) is 0 Å². The molecule has 1 aliphatic rings. The van der Waals surface area contributed by atoms with E-state index in [1.54, 1.807) is 0 Å². The van der Waals surface area contributed by atoms with E-state index in [1.165, 1.54) is 5.56 Å². The monoisotopic (exact) mass is 289 g/mol. The number of hydrogen-bond acceptors (Lipinski definition) is 1. The maximum Gasteiger partial charge on any atom is 0.132 e. The van der Waals surface area contributed by atoms with Gasteiger partial charge < -0.3 is 0 Å². The Kier molecular flexibility index (Phi) is 3.34. The number of benzene rings is 2. The predicted octanol–water partition coefficient (Wildman–Crippen LogP) is 5.04. The molecule has 19 heavy (non-hydrogen) atoms. The maximum atomic E-state index is 6.78. The van der Waals surface area contributed by atoms with Gasteiger partial charge in [-0.15, -0.1) is 11.6 Å². The van der Waals surface area contributed by atoms with Crippen LogP contribution < -0.4 is 0 Å². The molecule has 96 valence electrons. The van der Waals surface area contributed by atoms with Crippen molar-refractivity contribution in [1.82, 2.24) is 0 Å². The Morgan fingerprint density at radius 1 is 0.947 bits per heavy atom. The summed E-state index contributed by atoms with van der Waals surface area (Å²) in [5.41, 5.74) is 3.11. The highest BCUT2D eigenvalue weighted by molar-refractivity contribution is 6.72. The molecular weight excluding hydrogens is 277 g/mol. The fraction of sp³-hybridized carbons (Fsp3) is 0.188. The first-order chi connectivity index (χ1) is 9.20. The summed E-state index contributed by atoms with van der Waals surface area (Å²) in [4.78, 5) is 3.80. The molecule has 2 aromatic rings. The summed E-state index contributed by atoms with van der Waals surface area (Å²) in [6.07, 6.45) is 1.62. The van der Waals surface area contributed by atoms with E-state index in [9.17, 15) is 0 Å². The van der Waals surface area contributed by atoms with Crippen molar-refractivity contribution < 1.29 is 0 Å². The summed E-state index contributed by atoms with van der Waals surface area (Å²) in [7, 11) is 0. The van der Waals surface area contributed by atoms with Gasteiger partial charge in [0.15, 0.2) is 0 Å². The van der Waals surface area contributed by atoms with Crippen LogP contribution in [0.25, 0.3) is 0 Å². The average molecular weight is 290 g/mol. The van der Waals surface area contributed by atoms with E-state index in [0.717, 1.165) is 24.1 Å². The van der Waals surface area contributed by atoms with Gasteiger partial charge in [0.1, 0.15) is 10.0 Å². The SMILES string of the molecule is ClC1=Nc2ccccc2CCC1(Cl)c1ccccc1. The van der Waals surface area contributed by atoms with Crippen LogP contribution in [0.15, 0.2) is 59.6 Å². The lowest BCUT2D eigenvalue weighted by Crippen LogP contribution is -2.26. The molecule has 0 bridgehead atoms. The molecule has 1 unspecified atom stereocenters. The maximum absolute atomic E-state index is 6.78. The summed E-state index contributed by atoms with van der Waals surface area (Å²) in [6, 6.07) is 18.0. The van der Waals surface area contributed by atoms with Gasteiger partial charge in [0.05, 0.1) is 5.69 Å². The van der Waals surface area contributed by atoms with Crippen LogP contribution in [0.4, 0.5) is 5.69 Å². The van der Waals surface area contributed by atoms with E-state index in [2.05, 4.69) is 11.1 Å². The Balaban J connectivity index is 2.08. The number of para-hydroxylation sites is 1. The molecule has 0 fully saturated rings. The largest absolute Gasteiger partial charge is 0.239 e. The fourth-order valence-electron chi connectivity index (χ4n) is 2.40. The van der Waals surface area contributed by atoms with Crippen molar-refractivity contribution in [2.45, 2.75) is 17.7 Å². The van der Waals surface area contributed by atoms with Crippen molar-refractivity contribution >= 4 is 34.1 Å². The number of rotatable bonds is 1. The third-order valence-corrected chi connectivity index (χ3v) is 4.60. The third-order valence-electron chi connectivity index (χ3n) is 3.51. The first-order valence-electron chi connectivity index (χ1n) is 6.27. The van der Waals surface area contributed by atoms with E-state index in [0.29, 0.717) is 5.17 Å². The zero-order chi connectivity index (χ0) is 13.3. The van der Waals surface area contributed by atoms with Crippen LogP contribution in [0.2, 0.25) is 0 Å². The molecule has 0 aromatic heterocycles. The second kappa shape index (κ2) is 4.99. The van der Waals surface area contributed by atoms with Crippen LogP contribution in [0.5, 0.6) is 0 Å². The molecule has 1 nitrogen and oxygen atoms in total. The predicted molar refractivity (Wildman–Crippen MR) is 81.7 cm³/mol. The summed E-state index contributed by atoms with van der Waals surface area (Å²) in [5.74, 6) is 0. The molecule has 0 spiro atoms. The molecular formula is C16H13Cl2N. The van der Waals surface area contributed by atoms with Crippen molar-refractivity contribution in [2.24, 2.45) is 4.99 Å². The molecule has 0 aliphatic carbocycles. The molecule has 0 N–H and O–H groups in total. The second-order valence-corrected chi connectivity index (χ2v) is 5.70. The number of aliphatic imine (C=N–C) groups is 1. The zero-order valence-electron chi connectivity index (χ0n) is 10.3. The number of alkyl halides is 1. The average Bonchev–Trinajstić information content (AvgIpc) is 2.59. The van der Waals surface area contributed by atoms with Gasteiger partial charge in [-0.1, -0.05) is 60.1 Å². The lowest BCUT2D eigenvalue weighted by Gasteiger charge is -2.24. The van der Waals surface area contributed by atoms with Crippen molar-refractivity contribution in [2.75, 3.05) is 0 Å². The first kappa shape index (κ1) is 12.7. The number of aryl methyl sites for hydroxylation is 1. The summed E-state index contributed by atoms with van der Waals surface area (Å²) in [5, 5.41) is 0.449. The smallest absolute Gasteiger partial charge is 0.132 e. The number of fused-ring (bicyclic) bond motifs is 1. The summed E-state index contributed by atoms with van der Waals surface area (Å²) in [6.45, 7) is 0. The number of nitrogens with zero attached hydrogens (tertiary/aromatic N) is 1. The Bertz CT molecular complexity index is 622. The standard InChI is InChI=1S/C16H13Cl2N/c17-15-16(18,13-7-2-1-3-8-13)11-10-12-6-4-5-9-14(12)19-15/h1-9H,10-11H2. The Hall–Kier alpha value is -1.31. The first-order valence-corrected chi connectivity index (χ1v) is 7.03. The van der Waals surface area contributed by atoms with Crippen LogP contribution in [0, 0.1) is 0 Å². The van der Waals surface area contributed by atoms with Crippen LogP contribution in [0.1, 0.15) is 17.5 Å². The Morgan fingerprint density at radius 3 is 2.42 bits per heavy atom. The van der Waals surface area contributed by atoms with Crippen LogP contribution >= 0.6 is 23.2 Å². The highest BCUT2D eigenvalue weighted by Crippen LogP contribution is 2.41. The molecule has 0 saturated heterocycles. The molecule has 1 heterocycles. The molecule has 1 aliphatic heterocycles. The van der Waals surface area contributed by atoms with Gasteiger partial charge in [0.2, 0.25) is 0 Å². The van der Waals surface area contributed by atoms with E-state index in [1.807, 2.05) is 48.5 Å². The van der Waals surface area contributed by atoms with Crippen molar-refractivity contribution in [3.63, 3.8) is 0 Å². The van der Waals surface area contributed by atoms with Gasteiger partial charge in [0.25, 0.3) is 0 Å². The normalized spacial score (nSPS) is 22.3. The second-order valence-electron chi connectivity index (χ2n) is 4.70. The van der Waals surface area contributed by atoms with E-state index in [-0.39, 0.29) is 0 Å². The molecule has 2 aromatic carbocycles.